The third kappa shape index (κ3) is 4.68. The second-order valence-corrected chi connectivity index (χ2v) is 5.80. The number of hydrogen-bond acceptors (Lipinski definition) is 4. The fourth-order valence-corrected chi connectivity index (χ4v) is 2.74. The molecule has 6 nitrogen and oxygen atoms in total. The summed E-state index contributed by atoms with van der Waals surface area (Å²) in [5, 5.41) is 2.99. The van der Waals surface area contributed by atoms with Gasteiger partial charge in [-0.1, -0.05) is 30.3 Å². The molecule has 126 valence electrons. The van der Waals surface area contributed by atoms with Gasteiger partial charge in [0.1, 0.15) is 6.10 Å². The predicted molar refractivity (Wildman–Crippen MR) is 90.8 cm³/mol. The lowest BCUT2D eigenvalue weighted by Gasteiger charge is -2.31. The van der Waals surface area contributed by atoms with Gasteiger partial charge in [0.2, 0.25) is 0 Å². The van der Waals surface area contributed by atoms with Crippen LogP contribution in [-0.4, -0.2) is 46.6 Å². The molecule has 1 N–H and O–H groups in total. The fraction of sp³-hybridized carbons (Fsp3) is 0.389. The Morgan fingerprint density at radius 1 is 1.12 bits per heavy atom. The van der Waals surface area contributed by atoms with E-state index in [4.69, 9.17) is 4.74 Å². The van der Waals surface area contributed by atoms with E-state index in [0.29, 0.717) is 25.6 Å². The number of amides is 2. The van der Waals surface area contributed by atoms with E-state index >= 15 is 0 Å². The fourth-order valence-electron chi connectivity index (χ4n) is 2.74. The van der Waals surface area contributed by atoms with E-state index in [9.17, 15) is 4.79 Å². The number of piperidine rings is 1. The lowest BCUT2D eigenvalue weighted by molar-refractivity contribution is 0.103. The maximum absolute atomic E-state index is 12.2. The van der Waals surface area contributed by atoms with Gasteiger partial charge in [0, 0.05) is 44.9 Å². The molecular formula is C18H22N4O2. The van der Waals surface area contributed by atoms with Crippen molar-refractivity contribution in [3.05, 3.63) is 54.4 Å². The summed E-state index contributed by atoms with van der Waals surface area (Å²) in [4.78, 5) is 22.2. The summed E-state index contributed by atoms with van der Waals surface area (Å²) in [5.41, 5.74) is 1.23. The number of nitrogens with zero attached hydrogens (tertiary/aromatic N) is 3. The van der Waals surface area contributed by atoms with Gasteiger partial charge in [0.05, 0.1) is 0 Å². The van der Waals surface area contributed by atoms with Crippen LogP contribution in [0.4, 0.5) is 4.79 Å². The Balaban J connectivity index is 1.37. The summed E-state index contributed by atoms with van der Waals surface area (Å²) >= 11 is 0. The van der Waals surface area contributed by atoms with Crippen molar-refractivity contribution < 1.29 is 9.53 Å². The van der Waals surface area contributed by atoms with Crippen LogP contribution in [0.1, 0.15) is 18.4 Å². The molecule has 3 rings (SSSR count). The Hall–Kier alpha value is -2.63. The monoisotopic (exact) mass is 326 g/mol. The zero-order valence-corrected chi connectivity index (χ0v) is 13.6. The van der Waals surface area contributed by atoms with E-state index in [0.717, 1.165) is 19.3 Å². The first kappa shape index (κ1) is 16.2. The van der Waals surface area contributed by atoms with Crippen LogP contribution in [0.25, 0.3) is 0 Å². The molecule has 1 aliphatic heterocycles. The van der Waals surface area contributed by atoms with Crippen molar-refractivity contribution in [3.63, 3.8) is 0 Å². The molecule has 2 heterocycles. The Morgan fingerprint density at radius 3 is 2.54 bits per heavy atom. The summed E-state index contributed by atoms with van der Waals surface area (Å²) < 4.78 is 5.74. The molecule has 2 aromatic rings. The lowest BCUT2D eigenvalue weighted by atomic mass is 10.1. The number of nitrogens with one attached hydrogen (secondary N) is 1. The summed E-state index contributed by atoms with van der Waals surface area (Å²) in [5.74, 6) is 0. The highest BCUT2D eigenvalue weighted by molar-refractivity contribution is 5.74. The molecule has 6 heteroatoms. The predicted octanol–water partition coefficient (Wildman–Crippen LogP) is 2.27. The van der Waals surface area contributed by atoms with Crippen molar-refractivity contribution >= 4 is 6.03 Å². The van der Waals surface area contributed by atoms with Gasteiger partial charge in [-0.15, -0.1) is 0 Å². The Kier molecular flexibility index (Phi) is 5.61. The van der Waals surface area contributed by atoms with Gasteiger partial charge in [0.15, 0.2) is 0 Å². The molecule has 0 saturated carbocycles. The van der Waals surface area contributed by atoms with Crippen molar-refractivity contribution in [2.24, 2.45) is 0 Å². The summed E-state index contributed by atoms with van der Waals surface area (Å²) in [7, 11) is 0. The first-order chi connectivity index (χ1) is 11.8. The molecule has 0 atom stereocenters. The number of carbonyl (C=O) groups is 1. The van der Waals surface area contributed by atoms with E-state index in [2.05, 4.69) is 27.4 Å². The molecule has 2 amide bonds. The minimum Gasteiger partial charge on any atom is -0.460 e. The molecule has 1 saturated heterocycles. The van der Waals surface area contributed by atoms with Crippen molar-refractivity contribution in [2.45, 2.75) is 25.4 Å². The Labute approximate surface area is 141 Å². The van der Waals surface area contributed by atoms with Crippen LogP contribution >= 0.6 is 0 Å². The molecule has 0 aliphatic carbocycles. The third-order valence-corrected chi connectivity index (χ3v) is 4.08. The zero-order valence-electron chi connectivity index (χ0n) is 13.6. The molecule has 0 spiro atoms. The largest absolute Gasteiger partial charge is 0.460 e. The second-order valence-electron chi connectivity index (χ2n) is 5.80. The topological polar surface area (TPSA) is 67.4 Å². The third-order valence-electron chi connectivity index (χ3n) is 4.08. The molecule has 1 aliphatic rings. The molecule has 24 heavy (non-hydrogen) atoms. The Morgan fingerprint density at radius 2 is 1.83 bits per heavy atom. The maximum atomic E-state index is 12.2. The second kappa shape index (κ2) is 8.29. The highest BCUT2D eigenvalue weighted by Gasteiger charge is 2.24. The first-order valence-electron chi connectivity index (χ1n) is 8.31. The van der Waals surface area contributed by atoms with Gasteiger partial charge >= 0.3 is 12.0 Å². The number of benzene rings is 1. The van der Waals surface area contributed by atoms with Gasteiger partial charge in [-0.25, -0.2) is 14.8 Å². The number of hydrogen-bond donors (Lipinski definition) is 1. The standard InChI is InChI=1S/C18H22N4O2/c23-18(21-12-7-15-5-2-1-3-6-15)22-13-8-16(9-14-22)24-17-19-10-4-11-20-17/h1-6,10-11,16H,7-9,12-14H2,(H,21,23). The average Bonchev–Trinajstić information content (AvgIpc) is 2.64. The van der Waals surface area contributed by atoms with Crippen molar-refractivity contribution in [1.29, 1.82) is 0 Å². The number of ether oxygens (including phenoxy) is 1. The number of urea groups is 1. The van der Waals surface area contributed by atoms with Crippen LogP contribution in [0.5, 0.6) is 6.01 Å². The minimum atomic E-state index is 0.000317. The van der Waals surface area contributed by atoms with Gasteiger partial charge in [-0.2, -0.15) is 0 Å². The van der Waals surface area contributed by atoms with Crippen molar-refractivity contribution in [1.82, 2.24) is 20.2 Å². The number of carbonyl (C=O) groups excluding carboxylic acids is 1. The van der Waals surface area contributed by atoms with E-state index in [1.165, 1.54) is 5.56 Å². The summed E-state index contributed by atoms with van der Waals surface area (Å²) in [6, 6.07) is 12.3. The zero-order chi connectivity index (χ0) is 16.6. The molecule has 1 aromatic heterocycles. The normalized spacial score (nSPS) is 15.1. The van der Waals surface area contributed by atoms with E-state index < -0.39 is 0 Å². The Bertz CT molecular complexity index is 628. The van der Waals surface area contributed by atoms with E-state index in [-0.39, 0.29) is 12.1 Å². The highest BCUT2D eigenvalue weighted by atomic mass is 16.5. The summed E-state index contributed by atoms with van der Waals surface area (Å²) in [6.07, 6.45) is 5.84. The van der Waals surface area contributed by atoms with Crippen LogP contribution < -0.4 is 10.1 Å². The summed E-state index contributed by atoms with van der Waals surface area (Å²) in [6.45, 7) is 2.03. The average molecular weight is 326 g/mol. The van der Waals surface area contributed by atoms with Gasteiger partial charge < -0.3 is 15.0 Å². The van der Waals surface area contributed by atoms with E-state index in [1.807, 2.05) is 23.1 Å². The van der Waals surface area contributed by atoms with Crippen LogP contribution in [0, 0.1) is 0 Å². The number of likely N-dealkylation sites (tertiary alicyclic amines) is 1. The van der Waals surface area contributed by atoms with Gasteiger partial charge in [0.25, 0.3) is 0 Å². The first-order valence-corrected chi connectivity index (χ1v) is 8.31. The molecule has 1 fully saturated rings. The highest BCUT2D eigenvalue weighted by Crippen LogP contribution is 2.15. The SMILES string of the molecule is O=C(NCCc1ccccc1)N1CCC(Oc2ncccn2)CC1. The minimum absolute atomic E-state index is 0.000317. The van der Waals surface area contributed by atoms with Gasteiger partial charge in [-0.3, -0.25) is 0 Å². The molecule has 0 bridgehead atoms. The lowest BCUT2D eigenvalue weighted by Crippen LogP contribution is -2.47. The van der Waals surface area contributed by atoms with E-state index in [1.54, 1.807) is 18.5 Å². The maximum Gasteiger partial charge on any atom is 0.317 e. The molecular weight excluding hydrogens is 304 g/mol. The number of aromatic nitrogens is 2. The van der Waals surface area contributed by atoms with Crippen LogP contribution in [0.3, 0.4) is 0 Å². The van der Waals surface area contributed by atoms with Crippen LogP contribution in [-0.2, 0) is 6.42 Å². The number of rotatable bonds is 5. The molecule has 0 radical (unpaired) electrons. The molecule has 1 aromatic carbocycles. The van der Waals surface area contributed by atoms with Crippen LogP contribution in [0.15, 0.2) is 48.8 Å². The van der Waals surface area contributed by atoms with Gasteiger partial charge in [-0.05, 0) is 18.1 Å². The van der Waals surface area contributed by atoms with Crippen molar-refractivity contribution in [3.8, 4) is 6.01 Å². The molecule has 0 unspecified atom stereocenters. The smallest absolute Gasteiger partial charge is 0.317 e. The van der Waals surface area contributed by atoms with Crippen LogP contribution in [0.2, 0.25) is 0 Å². The quantitative estimate of drug-likeness (QED) is 0.915. The van der Waals surface area contributed by atoms with Crippen molar-refractivity contribution in [2.75, 3.05) is 19.6 Å².